The molecule has 24 heavy (non-hydrogen) atoms. The van der Waals surface area contributed by atoms with Gasteiger partial charge in [0.25, 0.3) is 5.91 Å². The van der Waals surface area contributed by atoms with Crippen LogP contribution in [-0.2, 0) is 0 Å². The smallest absolute Gasteiger partial charge is 0.255 e. The molecule has 1 aliphatic rings. The van der Waals surface area contributed by atoms with Crippen molar-refractivity contribution in [2.24, 2.45) is 0 Å². The summed E-state index contributed by atoms with van der Waals surface area (Å²) < 4.78 is 10.8. The highest BCUT2D eigenvalue weighted by Crippen LogP contribution is 2.43. The van der Waals surface area contributed by atoms with Gasteiger partial charge in [-0.15, -0.1) is 11.8 Å². The number of rotatable bonds is 4. The van der Waals surface area contributed by atoms with Crippen LogP contribution < -0.4 is 9.47 Å². The summed E-state index contributed by atoms with van der Waals surface area (Å²) >= 11 is 7.74. The molecule has 4 nitrogen and oxygen atoms in total. The second kappa shape index (κ2) is 7.36. The molecule has 126 valence electrons. The highest BCUT2D eigenvalue weighted by molar-refractivity contribution is 7.99. The second-order valence-electron chi connectivity index (χ2n) is 5.34. The highest BCUT2D eigenvalue weighted by Gasteiger charge is 2.33. The van der Waals surface area contributed by atoms with E-state index in [-0.39, 0.29) is 11.3 Å². The van der Waals surface area contributed by atoms with Crippen LogP contribution in [0.15, 0.2) is 42.5 Å². The summed E-state index contributed by atoms with van der Waals surface area (Å²) in [5.41, 5.74) is 1.53. The van der Waals surface area contributed by atoms with E-state index >= 15 is 0 Å². The number of halogens is 1. The standard InChI is InChI=1S/C18H18ClNO3S/c1-22-14-6-7-16(23-2)15(11-14)18-20(8-9-24-18)17(21)12-4-3-5-13(19)10-12/h3-7,10-11,18H,8-9H2,1-2H3. The van der Waals surface area contributed by atoms with Gasteiger partial charge in [-0.2, -0.15) is 0 Å². The molecule has 2 aromatic rings. The van der Waals surface area contributed by atoms with Gasteiger partial charge in [-0.05, 0) is 36.4 Å². The number of methoxy groups -OCH3 is 2. The van der Waals surface area contributed by atoms with Crippen molar-refractivity contribution >= 4 is 29.3 Å². The van der Waals surface area contributed by atoms with E-state index in [2.05, 4.69) is 0 Å². The maximum atomic E-state index is 12.9. The van der Waals surface area contributed by atoms with E-state index in [1.54, 1.807) is 50.2 Å². The van der Waals surface area contributed by atoms with Crippen molar-refractivity contribution in [2.45, 2.75) is 5.37 Å². The molecule has 1 atom stereocenters. The Bertz CT molecular complexity index is 753. The van der Waals surface area contributed by atoms with Crippen LogP contribution in [0, 0.1) is 0 Å². The molecule has 0 aliphatic carbocycles. The number of carbonyl (C=O) groups excluding carboxylic acids is 1. The molecule has 1 saturated heterocycles. The summed E-state index contributed by atoms with van der Waals surface area (Å²) in [6.07, 6.45) is 0. The van der Waals surface area contributed by atoms with E-state index in [0.717, 1.165) is 22.8 Å². The van der Waals surface area contributed by atoms with Gasteiger partial charge in [0, 0.05) is 28.4 Å². The molecule has 1 aliphatic heterocycles. The topological polar surface area (TPSA) is 38.8 Å². The average molecular weight is 364 g/mol. The summed E-state index contributed by atoms with van der Waals surface area (Å²) in [6, 6.07) is 12.7. The third kappa shape index (κ3) is 3.32. The van der Waals surface area contributed by atoms with Gasteiger partial charge in [-0.1, -0.05) is 17.7 Å². The maximum Gasteiger partial charge on any atom is 0.255 e. The Labute approximate surface area is 150 Å². The Morgan fingerprint density at radius 1 is 1.21 bits per heavy atom. The zero-order valence-corrected chi connectivity index (χ0v) is 15.1. The van der Waals surface area contributed by atoms with Gasteiger partial charge in [-0.3, -0.25) is 4.79 Å². The third-order valence-electron chi connectivity index (χ3n) is 3.93. The van der Waals surface area contributed by atoms with Gasteiger partial charge in [0.2, 0.25) is 0 Å². The normalized spacial score (nSPS) is 17.0. The second-order valence-corrected chi connectivity index (χ2v) is 6.96. The van der Waals surface area contributed by atoms with Crippen molar-refractivity contribution in [3.63, 3.8) is 0 Å². The highest BCUT2D eigenvalue weighted by atomic mass is 35.5. The van der Waals surface area contributed by atoms with E-state index < -0.39 is 0 Å². The third-order valence-corrected chi connectivity index (χ3v) is 5.40. The Balaban J connectivity index is 1.95. The minimum Gasteiger partial charge on any atom is -0.497 e. The number of benzene rings is 2. The summed E-state index contributed by atoms with van der Waals surface area (Å²) in [6.45, 7) is 0.682. The Morgan fingerprint density at radius 2 is 2.04 bits per heavy atom. The molecule has 0 aromatic heterocycles. The molecule has 1 heterocycles. The van der Waals surface area contributed by atoms with Crippen LogP contribution in [0.5, 0.6) is 11.5 Å². The van der Waals surface area contributed by atoms with Gasteiger partial charge in [0.15, 0.2) is 0 Å². The average Bonchev–Trinajstić information content (AvgIpc) is 3.10. The van der Waals surface area contributed by atoms with E-state index in [4.69, 9.17) is 21.1 Å². The Kier molecular flexibility index (Phi) is 5.21. The van der Waals surface area contributed by atoms with Crippen molar-refractivity contribution < 1.29 is 14.3 Å². The quantitative estimate of drug-likeness (QED) is 0.814. The molecular formula is C18H18ClNO3S. The van der Waals surface area contributed by atoms with Crippen LogP contribution in [0.1, 0.15) is 21.3 Å². The zero-order chi connectivity index (χ0) is 17.1. The van der Waals surface area contributed by atoms with Crippen LogP contribution in [0.4, 0.5) is 0 Å². The van der Waals surface area contributed by atoms with E-state index in [1.165, 1.54) is 0 Å². The number of nitrogens with zero attached hydrogens (tertiary/aromatic N) is 1. The number of thioether (sulfide) groups is 1. The lowest BCUT2D eigenvalue weighted by Gasteiger charge is -2.26. The first-order valence-electron chi connectivity index (χ1n) is 7.54. The zero-order valence-electron chi connectivity index (χ0n) is 13.5. The predicted molar refractivity (Wildman–Crippen MR) is 97.2 cm³/mol. The number of hydrogen-bond acceptors (Lipinski definition) is 4. The lowest BCUT2D eigenvalue weighted by molar-refractivity contribution is 0.0759. The van der Waals surface area contributed by atoms with Crippen LogP contribution in [0.2, 0.25) is 5.02 Å². The van der Waals surface area contributed by atoms with Crippen LogP contribution in [0.3, 0.4) is 0 Å². The Morgan fingerprint density at radius 3 is 2.75 bits per heavy atom. The van der Waals surface area contributed by atoms with Crippen LogP contribution in [0.25, 0.3) is 0 Å². The first-order valence-corrected chi connectivity index (χ1v) is 8.97. The first kappa shape index (κ1) is 17.0. The van der Waals surface area contributed by atoms with Gasteiger partial charge in [-0.25, -0.2) is 0 Å². The lowest BCUT2D eigenvalue weighted by Crippen LogP contribution is -2.30. The molecule has 6 heteroatoms. The largest absolute Gasteiger partial charge is 0.497 e. The van der Waals surface area contributed by atoms with Crippen LogP contribution in [-0.4, -0.2) is 37.3 Å². The summed E-state index contributed by atoms with van der Waals surface area (Å²) in [5, 5.41) is 0.449. The first-order chi connectivity index (χ1) is 11.6. The maximum absolute atomic E-state index is 12.9. The molecular weight excluding hydrogens is 346 g/mol. The fraction of sp³-hybridized carbons (Fsp3) is 0.278. The molecule has 0 bridgehead atoms. The molecule has 1 amide bonds. The summed E-state index contributed by atoms with van der Waals surface area (Å²) in [4.78, 5) is 14.8. The minimum atomic E-state index is -0.110. The molecule has 0 saturated carbocycles. The van der Waals surface area contributed by atoms with Crippen LogP contribution >= 0.6 is 23.4 Å². The van der Waals surface area contributed by atoms with Gasteiger partial charge in [0.1, 0.15) is 16.9 Å². The fourth-order valence-electron chi connectivity index (χ4n) is 2.76. The van der Waals surface area contributed by atoms with Gasteiger partial charge in [0.05, 0.1) is 14.2 Å². The molecule has 0 N–H and O–H groups in total. The summed E-state index contributed by atoms with van der Waals surface area (Å²) in [5.74, 6) is 2.34. The molecule has 3 rings (SSSR count). The molecule has 1 fully saturated rings. The van der Waals surface area contributed by atoms with E-state index in [0.29, 0.717) is 17.1 Å². The molecule has 1 unspecified atom stereocenters. The van der Waals surface area contributed by atoms with Crippen molar-refractivity contribution in [1.82, 2.24) is 4.90 Å². The molecule has 2 aromatic carbocycles. The van der Waals surface area contributed by atoms with Gasteiger partial charge < -0.3 is 14.4 Å². The molecule has 0 spiro atoms. The van der Waals surface area contributed by atoms with E-state index in [1.807, 2.05) is 23.1 Å². The number of carbonyl (C=O) groups is 1. The minimum absolute atomic E-state index is 0.0302. The Hall–Kier alpha value is -1.85. The SMILES string of the molecule is COc1ccc(OC)c(C2SCCN2C(=O)c2cccc(Cl)c2)c1. The summed E-state index contributed by atoms with van der Waals surface area (Å²) in [7, 11) is 3.26. The number of hydrogen-bond donors (Lipinski definition) is 0. The monoisotopic (exact) mass is 363 g/mol. The fourth-order valence-corrected chi connectivity index (χ4v) is 4.22. The molecule has 0 radical (unpaired) electrons. The number of amides is 1. The number of ether oxygens (including phenoxy) is 2. The van der Waals surface area contributed by atoms with Gasteiger partial charge >= 0.3 is 0 Å². The van der Waals surface area contributed by atoms with Crippen molar-refractivity contribution in [3.8, 4) is 11.5 Å². The lowest BCUT2D eigenvalue weighted by atomic mass is 10.1. The van der Waals surface area contributed by atoms with Crippen molar-refractivity contribution in [2.75, 3.05) is 26.5 Å². The predicted octanol–water partition coefficient (Wildman–Crippen LogP) is 4.25. The van der Waals surface area contributed by atoms with Crippen molar-refractivity contribution in [3.05, 3.63) is 58.6 Å². The van der Waals surface area contributed by atoms with Crippen molar-refractivity contribution in [1.29, 1.82) is 0 Å². The van der Waals surface area contributed by atoms with E-state index in [9.17, 15) is 4.79 Å².